The molecule has 0 atom stereocenters. The first-order valence-electron chi connectivity index (χ1n) is 6.69. The molecule has 2 aromatic rings. The van der Waals surface area contributed by atoms with Crippen molar-refractivity contribution in [1.82, 2.24) is 0 Å². The van der Waals surface area contributed by atoms with Crippen LogP contribution in [-0.4, -0.2) is 22.6 Å². The second-order valence-electron chi connectivity index (χ2n) is 4.92. The van der Waals surface area contributed by atoms with Gasteiger partial charge in [-0.2, -0.15) is 0 Å². The fourth-order valence-corrected chi connectivity index (χ4v) is 3.06. The third-order valence-electron chi connectivity index (χ3n) is 3.43. The summed E-state index contributed by atoms with van der Waals surface area (Å²) in [5.74, 6) is 1.09. The fourth-order valence-electron chi connectivity index (χ4n) is 2.00. The number of aryl methyl sites for hydroxylation is 2. The minimum absolute atomic E-state index is 0.161. The molecule has 6 heteroatoms. The van der Waals surface area contributed by atoms with E-state index in [-0.39, 0.29) is 4.90 Å². The Labute approximate surface area is 130 Å². The van der Waals surface area contributed by atoms with Crippen LogP contribution in [0.4, 0.5) is 5.69 Å². The predicted molar refractivity (Wildman–Crippen MR) is 86.3 cm³/mol. The normalized spacial score (nSPS) is 11.1. The second kappa shape index (κ2) is 6.27. The monoisotopic (exact) mass is 321 g/mol. The molecule has 0 unspecified atom stereocenters. The Morgan fingerprint density at radius 3 is 2.05 bits per heavy atom. The second-order valence-corrected chi connectivity index (χ2v) is 6.60. The highest BCUT2D eigenvalue weighted by atomic mass is 32.2. The molecule has 0 fully saturated rings. The summed E-state index contributed by atoms with van der Waals surface area (Å²) < 4.78 is 37.8. The summed E-state index contributed by atoms with van der Waals surface area (Å²) in [7, 11) is -0.647. The lowest BCUT2D eigenvalue weighted by Gasteiger charge is -2.14. The third-order valence-corrected chi connectivity index (χ3v) is 4.81. The molecule has 0 aliphatic heterocycles. The molecule has 22 heavy (non-hydrogen) atoms. The lowest BCUT2D eigenvalue weighted by atomic mass is 10.1. The highest BCUT2D eigenvalue weighted by molar-refractivity contribution is 7.92. The van der Waals surface area contributed by atoms with E-state index in [1.165, 1.54) is 26.4 Å². The van der Waals surface area contributed by atoms with Gasteiger partial charge in [0.2, 0.25) is 0 Å². The topological polar surface area (TPSA) is 64.6 Å². The van der Waals surface area contributed by atoms with E-state index < -0.39 is 10.0 Å². The Bertz CT molecular complexity index is 767. The number of rotatable bonds is 5. The van der Waals surface area contributed by atoms with E-state index in [1.54, 1.807) is 24.3 Å². The molecule has 118 valence electrons. The molecule has 0 saturated carbocycles. The van der Waals surface area contributed by atoms with E-state index >= 15 is 0 Å². The van der Waals surface area contributed by atoms with E-state index in [9.17, 15) is 8.42 Å². The zero-order valence-corrected chi connectivity index (χ0v) is 13.8. The van der Waals surface area contributed by atoms with Gasteiger partial charge in [-0.25, -0.2) is 8.42 Å². The van der Waals surface area contributed by atoms with Crippen LogP contribution in [0.25, 0.3) is 0 Å². The minimum atomic E-state index is -3.69. The summed E-state index contributed by atoms with van der Waals surface area (Å²) >= 11 is 0. The molecule has 5 nitrogen and oxygen atoms in total. The largest absolute Gasteiger partial charge is 0.497 e. The standard InChI is InChI=1S/C16H19NO4S/c1-11-9-15(16(21-4)10-12(11)2)17-22(18,19)14-7-5-13(20-3)6-8-14/h5-10,17H,1-4H3. The van der Waals surface area contributed by atoms with Gasteiger partial charge in [0.1, 0.15) is 11.5 Å². The molecule has 0 aromatic heterocycles. The predicted octanol–water partition coefficient (Wildman–Crippen LogP) is 3.12. The zero-order valence-electron chi connectivity index (χ0n) is 13.0. The number of hydrogen-bond acceptors (Lipinski definition) is 4. The van der Waals surface area contributed by atoms with Gasteiger partial charge >= 0.3 is 0 Å². The van der Waals surface area contributed by atoms with Gasteiger partial charge in [0.15, 0.2) is 0 Å². The average molecular weight is 321 g/mol. The van der Waals surface area contributed by atoms with Crippen molar-refractivity contribution in [3.8, 4) is 11.5 Å². The maximum absolute atomic E-state index is 12.5. The lowest BCUT2D eigenvalue weighted by Crippen LogP contribution is -2.14. The first-order valence-corrected chi connectivity index (χ1v) is 8.18. The van der Waals surface area contributed by atoms with Crippen molar-refractivity contribution in [3.63, 3.8) is 0 Å². The minimum Gasteiger partial charge on any atom is -0.497 e. The first kappa shape index (κ1) is 16.2. The van der Waals surface area contributed by atoms with Gasteiger partial charge in [-0.15, -0.1) is 0 Å². The van der Waals surface area contributed by atoms with Crippen molar-refractivity contribution >= 4 is 15.7 Å². The van der Waals surface area contributed by atoms with E-state index in [4.69, 9.17) is 9.47 Å². The highest BCUT2D eigenvalue weighted by Gasteiger charge is 2.17. The Morgan fingerprint density at radius 1 is 0.909 bits per heavy atom. The molecular formula is C16H19NO4S. The SMILES string of the molecule is COc1ccc(S(=O)(=O)Nc2cc(C)c(C)cc2OC)cc1. The maximum Gasteiger partial charge on any atom is 0.262 e. The quantitative estimate of drug-likeness (QED) is 0.919. The first-order chi connectivity index (χ1) is 10.4. The molecule has 0 heterocycles. The third kappa shape index (κ3) is 3.33. The van der Waals surface area contributed by atoms with Crippen LogP contribution < -0.4 is 14.2 Å². The Morgan fingerprint density at radius 2 is 1.50 bits per heavy atom. The van der Waals surface area contributed by atoms with Crippen LogP contribution in [-0.2, 0) is 10.0 Å². The van der Waals surface area contributed by atoms with Crippen molar-refractivity contribution in [2.75, 3.05) is 18.9 Å². The number of hydrogen-bond donors (Lipinski definition) is 1. The van der Waals surface area contributed by atoms with Gasteiger partial charge in [-0.05, 0) is 61.4 Å². The molecule has 2 aromatic carbocycles. The number of anilines is 1. The van der Waals surface area contributed by atoms with Crippen LogP contribution in [0.3, 0.4) is 0 Å². The van der Waals surface area contributed by atoms with Gasteiger partial charge in [0, 0.05) is 0 Å². The average Bonchev–Trinajstić information content (AvgIpc) is 2.50. The van der Waals surface area contributed by atoms with Crippen LogP contribution in [0.1, 0.15) is 11.1 Å². The van der Waals surface area contributed by atoms with Gasteiger partial charge in [0.05, 0.1) is 24.8 Å². The molecule has 2 rings (SSSR count). The van der Waals surface area contributed by atoms with Crippen molar-refractivity contribution < 1.29 is 17.9 Å². The molecule has 0 radical (unpaired) electrons. The van der Waals surface area contributed by atoms with E-state index in [0.29, 0.717) is 17.2 Å². The van der Waals surface area contributed by atoms with Crippen molar-refractivity contribution in [2.24, 2.45) is 0 Å². The number of methoxy groups -OCH3 is 2. The van der Waals surface area contributed by atoms with E-state index in [1.807, 2.05) is 13.8 Å². The summed E-state index contributed by atoms with van der Waals surface area (Å²) in [6.07, 6.45) is 0. The molecular weight excluding hydrogens is 302 g/mol. The lowest BCUT2D eigenvalue weighted by molar-refractivity contribution is 0.414. The number of sulfonamides is 1. The van der Waals surface area contributed by atoms with E-state index in [2.05, 4.69) is 4.72 Å². The summed E-state index contributed by atoms with van der Waals surface area (Å²) in [6.45, 7) is 3.86. The van der Waals surface area contributed by atoms with Crippen LogP contribution in [0, 0.1) is 13.8 Å². The van der Waals surface area contributed by atoms with Crippen LogP contribution in [0.15, 0.2) is 41.3 Å². The molecule has 0 saturated heterocycles. The molecule has 0 spiro atoms. The van der Waals surface area contributed by atoms with Crippen molar-refractivity contribution in [3.05, 3.63) is 47.5 Å². The van der Waals surface area contributed by atoms with Crippen LogP contribution >= 0.6 is 0 Å². The molecule has 0 amide bonds. The number of ether oxygens (including phenoxy) is 2. The van der Waals surface area contributed by atoms with Crippen LogP contribution in [0.2, 0.25) is 0 Å². The maximum atomic E-state index is 12.5. The summed E-state index contributed by atoms with van der Waals surface area (Å²) in [5, 5.41) is 0. The zero-order chi connectivity index (χ0) is 16.3. The van der Waals surface area contributed by atoms with Gasteiger partial charge < -0.3 is 9.47 Å². The molecule has 1 N–H and O–H groups in total. The van der Waals surface area contributed by atoms with Gasteiger partial charge in [-0.3, -0.25) is 4.72 Å². The van der Waals surface area contributed by atoms with Gasteiger partial charge in [0.25, 0.3) is 10.0 Å². The smallest absolute Gasteiger partial charge is 0.262 e. The fraction of sp³-hybridized carbons (Fsp3) is 0.250. The number of benzene rings is 2. The summed E-state index contributed by atoms with van der Waals surface area (Å²) in [5.41, 5.74) is 2.43. The number of nitrogens with one attached hydrogen (secondary N) is 1. The summed E-state index contributed by atoms with van der Waals surface area (Å²) in [4.78, 5) is 0.161. The van der Waals surface area contributed by atoms with Crippen molar-refractivity contribution in [2.45, 2.75) is 18.7 Å². The Kier molecular flexibility index (Phi) is 4.61. The molecule has 0 aliphatic carbocycles. The summed E-state index contributed by atoms with van der Waals surface area (Å²) in [6, 6.07) is 9.76. The van der Waals surface area contributed by atoms with E-state index in [0.717, 1.165) is 11.1 Å². The highest BCUT2D eigenvalue weighted by Crippen LogP contribution is 2.30. The molecule has 0 aliphatic rings. The van der Waals surface area contributed by atoms with Gasteiger partial charge in [-0.1, -0.05) is 0 Å². The van der Waals surface area contributed by atoms with Crippen LogP contribution in [0.5, 0.6) is 11.5 Å². The van der Waals surface area contributed by atoms with Crippen molar-refractivity contribution in [1.29, 1.82) is 0 Å². The Balaban J connectivity index is 2.37. The Hall–Kier alpha value is -2.21. The molecule has 0 bridgehead atoms.